The van der Waals surface area contributed by atoms with E-state index in [2.05, 4.69) is 0 Å². The predicted molar refractivity (Wildman–Crippen MR) is 79.2 cm³/mol. The highest BCUT2D eigenvalue weighted by molar-refractivity contribution is 5.55. The second kappa shape index (κ2) is 6.03. The molecule has 22 heavy (non-hydrogen) atoms. The molecule has 0 saturated carbocycles. The van der Waals surface area contributed by atoms with Crippen LogP contribution in [-0.4, -0.2) is 23.2 Å². The first kappa shape index (κ1) is 14.3. The van der Waals surface area contributed by atoms with E-state index < -0.39 is 11.0 Å². The molecule has 0 spiro atoms. The molecule has 1 N–H and O–H groups in total. The van der Waals surface area contributed by atoms with E-state index in [1.165, 1.54) is 12.1 Å². The van der Waals surface area contributed by atoms with Gasteiger partial charge in [-0.2, -0.15) is 0 Å². The lowest BCUT2D eigenvalue weighted by Crippen LogP contribution is -2.16. The largest absolute Gasteiger partial charge is 0.486 e. The maximum atomic E-state index is 11.3. The second-order valence-corrected chi connectivity index (χ2v) is 5.02. The van der Waals surface area contributed by atoms with Crippen molar-refractivity contribution < 1.29 is 19.5 Å². The van der Waals surface area contributed by atoms with Gasteiger partial charge in [0.2, 0.25) is 0 Å². The summed E-state index contributed by atoms with van der Waals surface area (Å²) in [6, 6.07) is 12.2. The van der Waals surface area contributed by atoms with Crippen LogP contribution in [0, 0.1) is 10.1 Å². The Morgan fingerprint density at radius 1 is 1.14 bits per heavy atom. The molecule has 2 aromatic carbocycles. The van der Waals surface area contributed by atoms with Gasteiger partial charge in [-0.25, -0.2) is 0 Å². The first-order chi connectivity index (χ1) is 10.6. The fraction of sp³-hybridized carbons (Fsp3) is 0.250. The zero-order valence-electron chi connectivity index (χ0n) is 11.8. The van der Waals surface area contributed by atoms with Crippen molar-refractivity contribution in [3.8, 4) is 11.5 Å². The number of fused-ring (bicyclic) bond motifs is 1. The topological polar surface area (TPSA) is 81.8 Å². The normalized spacial score (nSPS) is 14.4. The number of rotatable bonds is 4. The fourth-order valence-corrected chi connectivity index (χ4v) is 2.47. The van der Waals surface area contributed by atoms with Gasteiger partial charge in [0.1, 0.15) is 13.2 Å². The molecule has 114 valence electrons. The van der Waals surface area contributed by atoms with E-state index in [-0.39, 0.29) is 11.3 Å². The van der Waals surface area contributed by atoms with Crippen molar-refractivity contribution in [3.05, 3.63) is 63.7 Å². The van der Waals surface area contributed by atoms with Crippen LogP contribution in [0.25, 0.3) is 0 Å². The number of nitro benzene ring substituents is 1. The molecule has 3 rings (SSSR count). The molecular formula is C16H15NO5. The van der Waals surface area contributed by atoms with Gasteiger partial charge in [0.15, 0.2) is 11.5 Å². The van der Waals surface area contributed by atoms with Crippen LogP contribution in [-0.2, 0) is 6.42 Å². The van der Waals surface area contributed by atoms with E-state index in [9.17, 15) is 15.2 Å². The molecule has 6 heteroatoms. The molecule has 0 saturated heterocycles. The number of nitrogens with zero attached hydrogens (tertiary/aromatic N) is 1. The number of aliphatic hydroxyl groups excluding tert-OH is 1. The Bertz CT molecular complexity index is 686. The highest BCUT2D eigenvalue weighted by Gasteiger charge is 2.26. The molecule has 6 nitrogen and oxygen atoms in total. The molecule has 1 aliphatic rings. The van der Waals surface area contributed by atoms with E-state index in [4.69, 9.17) is 9.47 Å². The first-order valence-corrected chi connectivity index (χ1v) is 6.95. The van der Waals surface area contributed by atoms with E-state index in [0.717, 1.165) is 5.56 Å². The minimum absolute atomic E-state index is 0.160. The molecule has 0 aromatic heterocycles. The van der Waals surface area contributed by atoms with Crippen molar-refractivity contribution in [1.82, 2.24) is 0 Å². The second-order valence-electron chi connectivity index (χ2n) is 5.02. The number of nitro groups is 1. The molecule has 0 amide bonds. The molecule has 0 bridgehead atoms. The van der Waals surface area contributed by atoms with Gasteiger partial charge < -0.3 is 14.6 Å². The van der Waals surface area contributed by atoms with E-state index in [0.29, 0.717) is 31.1 Å². The average molecular weight is 301 g/mol. The van der Waals surface area contributed by atoms with Crippen LogP contribution < -0.4 is 9.47 Å². The minimum Gasteiger partial charge on any atom is -0.486 e. The minimum atomic E-state index is -0.987. The third kappa shape index (κ3) is 2.87. The van der Waals surface area contributed by atoms with Crippen molar-refractivity contribution in [1.29, 1.82) is 0 Å². The molecule has 1 atom stereocenters. The maximum absolute atomic E-state index is 11.3. The van der Waals surface area contributed by atoms with Gasteiger partial charge in [-0.3, -0.25) is 10.1 Å². The summed E-state index contributed by atoms with van der Waals surface area (Å²) < 4.78 is 10.8. The van der Waals surface area contributed by atoms with E-state index in [1.54, 1.807) is 0 Å². The van der Waals surface area contributed by atoms with Crippen LogP contribution >= 0.6 is 0 Å². The summed E-state index contributed by atoms with van der Waals surface area (Å²) in [4.78, 5) is 10.8. The number of aliphatic hydroxyl groups is 1. The van der Waals surface area contributed by atoms with Gasteiger partial charge >= 0.3 is 0 Å². The summed E-state index contributed by atoms with van der Waals surface area (Å²) in [5.41, 5.74) is 0.977. The van der Waals surface area contributed by atoms with Crippen molar-refractivity contribution >= 4 is 5.69 Å². The smallest absolute Gasteiger partial charge is 0.279 e. The van der Waals surface area contributed by atoms with Gasteiger partial charge in [-0.05, 0) is 11.6 Å². The average Bonchev–Trinajstić information content (AvgIpc) is 2.54. The summed E-state index contributed by atoms with van der Waals surface area (Å²) in [6.45, 7) is 0.745. The summed E-state index contributed by atoms with van der Waals surface area (Å²) in [7, 11) is 0. The number of hydrogen-bond donors (Lipinski definition) is 1. The zero-order valence-corrected chi connectivity index (χ0v) is 11.8. The Morgan fingerprint density at radius 2 is 1.77 bits per heavy atom. The van der Waals surface area contributed by atoms with E-state index >= 15 is 0 Å². The lowest BCUT2D eigenvalue weighted by molar-refractivity contribution is -0.386. The van der Waals surface area contributed by atoms with Crippen molar-refractivity contribution in [2.75, 3.05) is 13.2 Å². The Morgan fingerprint density at radius 3 is 2.41 bits per heavy atom. The number of benzene rings is 2. The highest BCUT2D eigenvalue weighted by atomic mass is 16.6. The molecule has 1 heterocycles. The monoisotopic (exact) mass is 301 g/mol. The Hall–Kier alpha value is -2.60. The molecule has 0 radical (unpaired) electrons. The van der Waals surface area contributed by atoms with Gasteiger partial charge in [0.05, 0.1) is 22.7 Å². The van der Waals surface area contributed by atoms with Crippen LogP contribution in [0.15, 0.2) is 42.5 Å². The molecule has 0 fully saturated rings. The lowest BCUT2D eigenvalue weighted by Gasteiger charge is -2.20. The highest BCUT2D eigenvalue weighted by Crippen LogP contribution is 2.39. The van der Waals surface area contributed by atoms with Gasteiger partial charge in [0.25, 0.3) is 5.69 Å². The Balaban J connectivity index is 1.95. The lowest BCUT2D eigenvalue weighted by atomic mass is 9.99. The van der Waals surface area contributed by atoms with Crippen LogP contribution in [0.2, 0.25) is 0 Å². The fourth-order valence-electron chi connectivity index (χ4n) is 2.47. The van der Waals surface area contributed by atoms with Crippen molar-refractivity contribution in [2.45, 2.75) is 12.5 Å². The summed E-state index contributed by atoms with van der Waals surface area (Å²) in [5.74, 6) is 0.771. The SMILES string of the molecule is O=[N+]([O-])c1cc2c(cc1C(O)Cc1ccccc1)OCCO2. The first-order valence-electron chi connectivity index (χ1n) is 6.95. The van der Waals surface area contributed by atoms with Crippen LogP contribution in [0.1, 0.15) is 17.2 Å². The predicted octanol–water partition coefficient (Wildman–Crippen LogP) is 2.64. The summed E-state index contributed by atoms with van der Waals surface area (Å²) >= 11 is 0. The molecular weight excluding hydrogens is 286 g/mol. The molecule has 1 unspecified atom stereocenters. The summed E-state index contributed by atoms with van der Waals surface area (Å²) in [6.07, 6.45) is -0.694. The zero-order chi connectivity index (χ0) is 15.5. The molecule has 2 aromatic rings. The van der Waals surface area contributed by atoms with Crippen LogP contribution in [0.3, 0.4) is 0 Å². The standard InChI is InChI=1S/C16H15NO5/c18-14(8-11-4-2-1-3-5-11)12-9-15-16(22-7-6-21-15)10-13(12)17(19)20/h1-5,9-10,14,18H,6-8H2. The number of ether oxygens (including phenoxy) is 2. The van der Waals surface area contributed by atoms with Gasteiger partial charge in [0, 0.05) is 6.42 Å². The van der Waals surface area contributed by atoms with Crippen molar-refractivity contribution in [2.24, 2.45) is 0 Å². The van der Waals surface area contributed by atoms with Gasteiger partial charge in [-0.15, -0.1) is 0 Å². The van der Waals surface area contributed by atoms with Gasteiger partial charge in [-0.1, -0.05) is 30.3 Å². The summed E-state index contributed by atoms with van der Waals surface area (Å²) in [5, 5.41) is 21.7. The quantitative estimate of drug-likeness (QED) is 0.693. The third-order valence-corrected chi connectivity index (χ3v) is 3.52. The Kier molecular flexibility index (Phi) is 3.93. The van der Waals surface area contributed by atoms with E-state index in [1.807, 2.05) is 30.3 Å². The Labute approximate surface area is 127 Å². The number of hydrogen-bond acceptors (Lipinski definition) is 5. The molecule has 1 aliphatic heterocycles. The van der Waals surface area contributed by atoms with Crippen molar-refractivity contribution in [3.63, 3.8) is 0 Å². The maximum Gasteiger partial charge on any atom is 0.279 e. The third-order valence-electron chi connectivity index (χ3n) is 3.52. The van der Waals surface area contributed by atoms with Crippen LogP contribution in [0.4, 0.5) is 5.69 Å². The van der Waals surface area contributed by atoms with Crippen LogP contribution in [0.5, 0.6) is 11.5 Å². The molecule has 0 aliphatic carbocycles.